The Morgan fingerprint density at radius 1 is 1.07 bits per heavy atom. The normalized spacial score (nSPS) is 15.0. The predicted molar refractivity (Wildman–Crippen MR) is 113 cm³/mol. The largest absolute Gasteiger partial charge is 0.484 e. The van der Waals surface area contributed by atoms with Gasteiger partial charge in [0.15, 0.2) is 6.61 Å². The number of carbonyl (C=O) groups is 1. The van der Waals surface area contributed by atoms with E-state index < -0.39 is 0 Å². The SMILES string of the molecule is Cc1ccccc1CN1CCCN(C(=O)COc2ccc(-c3nnco3)cc2)CC1. The number of aryl methyl sites for hydroxylation is 1. The second-order valence-electron chi connectivity index (χ2n) is 7.49. The lowest BCUT2D eigenvalue weighted by Crippen LogP contribution is -2.38. The van der Waals surface area contributed by atoms with E-state index in [4.69, 9.17) is 9.15 Å². The fourth-order valence-electron chi connectivity index (χ4n) is 3.64. The van der Waals surface area contributed by atoms with Crippen LogP contribution >= 0.6 is 0 Å². The molecule has 156 valence electrons. The van der Waals surface area contributed by atoms with Crippen LogP contribution in [0.3, 0.4) is 0 Å². The lowest BCUT2D eigenvalue weighted by Gasteiger charge is -2.22. The molecule has 0 radical (unpaired) electrons. The Morgan fingerprint density at radius 2 is 1.90 bits per heavy atom. The van der Waals surface area contributed by atoms with E-state index in [2.05, 4.69) is 46.3 Å². The van der Waals surface area contributed by atoms with Gasteiger partial charge in [0.1, 0.15) is 5.75 Å². The van der Waals surface area contributed by atoms with Crippen LogP contribution in [0.5, 0.6) is 5.75 Å². The molecular formula is C23H26N4O3. The summed E-state index contributed by atoms with van der Waals surface area (Å²) < 4.78 is 10.9. The van der Waals surface area contributed by atoms with E-state index in [0.717, 1.165) is 44.7 Å². The molecular weight excluding hydrogens is 380 g/mol. The van der Waals surface area contributed by atoms with Crippen molar-refractivity contribution in [1.82, 2.24) is 20.0 Å². The number of carbonyl (C=O) groups excluding carboxylic acids is 1. The van der Waals surface area contributed by atoms with Crippen molar-refractivity contribution in [3.8, 4) is 17.2 Å². The van der Waals surface area contributed by atoms with Gasteiger partial charge in [-0.25, -0.2) is 0 Å². The first-order chi connectivity index (χ1) is 14.7. The molecule has 1 amide bonds. The first-order valence-corrected chi connectivity index (χ1v) is 10.2. The summed E-state index contributed by atoms with van der Waals surface area (Å²) in [6.45, 7) is 6.48. The molecule has 0 atom stereocenters. The van der Waals surface area contributed by atoms with Gasteiger partial charge in [0.25, 0.3) is 5.91 Å². The Balaban J connectivity index is 1.26. The molecule has 0 N–H and O–H groups in total. The molecule has 0 unspecified atom stereocenters. The number of rotatable bonds is 6. The van der Waals surface area contributed by atoms with Crippen molar-refractivity contribution < 1.29 is 13.9 Å². The fraction of sp³-hybridized carbons (Fsp3) is 0.348. The Morgan fingerprint density at radius 3 is 2.67 bits per heavy atom. The number of hydrogen-bond donors (Lipinski definition) is 0. The highest BCUT2D eigenvalue weighted by Gasteiger charge is 2.20. The first-order valence-electron chi connectivity index (χ1n) is 10.2. The van der Waals surface area contributed by atoms with Crippen LogP contribution in [0.2, 0.25) is 0 Å². The van der Waals surface area contributed by atoms with Gasteiger partial charge in [-0.05, 0) is 48.7 Å². The molecule has 0 saturated carbocycles. The number of hydrogen-bond acceptors (Lipinski definition) is 6. The molecule has 7 nitrogen and oxygen atoms in total. The molecule has 0 spiro atoms. The van der Waals surface area contributed by atoms with E-state index in [9.17, 15) is 4.79 Å². The highest BCUT2D eigenvalue weighted by atomic mass is 16.5. The monoisotopic (exact) mass is 406 g/mol. The molecule has 1 aliphatic rings. The molecule has 2 heterocycles. The Bertz CT molecular complexity index is 957. The van der Waals surface area contributed by atoms with Gasteiger partial charge in [-0.15, -0.1) is 10.2 Å². The minimum atomic E-state index is 0.0220. The third-order valence-corrected chi connectivity index (χ3v) is 5.42. The number of benzene rings is 2. The van der Waals surface area contributed by atoms with Gasteiger partial charge < -0.3 is 14.1 Å². The molecule has 7 heteroatoms. The Kier molecular flexibility index (Phi) is 6.39. The number of ether oxygens (including phenoxy) is 1. The van der Waals surface area contributed by atoms with Crippen LogP contribution in [0.25, 0.3) is 11.5 Å². The molecule has 0 bridgehead atoms. The average molecular weight is 406 g/mol. The zero-order valence-corrected chi connectivity index (χ0v) is 17.2. The van der Waals surface area contributed by atoms with Gasteiger partial charge >= 0.3 is 0 Å². The van der Waals surface area contributed by atoms with Gasteiger partial charge in [-0.1, -0.05) is 24.3 Å². The molecule has 2 aromatic carbocycles. The van der Waals surface area contributed by atoms with E-state index in [1.807, 2.05) is 17.0 Å². The standard InChI is InChI=1S/C23H26N4O3/c1-18-5-2-3-6-20(18)15-26-11-4-12-27(14-13-26)22(28)16-29-21-9-7-19(8-10-21)23-25-24-17-30-23/h2-3,5-10,17H,4,11-16H2,1H3. The molecule has 1 saturated heterocycles. The van der Waals surface area contributed by atoms with E-state index >= 15 is 0 Å². The molecule has 4 rings (SSSR count). The van der Waals surface area contributed by atoms with Gasteiger partial charge in [-0.3, -0.25) is 9.69 Å². The summed E-state index contributed by atoms with van der Waals surface area (Å²) in [5.41, 5.74) is 3.48. The summed E-state index contributed by atoms with van der Waals surface area (Å²) in [6, 6.07) is 15.8. The van der Waals surface area contributed by atoms with Crippen LogP contribution in [0.15, 0.2) is 59.3 Å². The molecule has 1 aliphatic heterocycles. The lowest BCUT2D eigenvalue weighted by atomic mass is 10.1. The number of amides is 1. The predicted octanol–water partition coefficient (Wildman–Crippen LogP) is 3.16. The van der Waals surface area contributed by atoms with Crippen LogP contribution in [-0.4, -0.2) is 58.7 Å². The second kappa shape index (κ2) is 9.54. The Labute approximate surface area is 176 Å². The summed E-state index contributed by atoms with van der Waals surface area (Å²) in [6.07, 6.45) is 2.26. The van der Waals surface area contributed by atoms with Crippen LogP contribution in [-0.2, 0) is 11.3 Å². The third-order valence-electron chi connectivity index (χ3n) is 5.42. The zero-order valence-electron chi connectivity index (χ0n) is 17.2. The van der Waals surface area contributed by atoms with Gasteiger partial charge in [-0.2, -0.15) is 0 Å². The van der Waals surface area contributed by atoms with Crippen LogP contribution in [0, 0.1) is 6.92 Å². The summed E-state index contributed by atoms with van der Waals surface area (Å²) in [4.78, 5) is 17.0. The van der Waals surface area contributed by atoms with Crippen molar-refractivity contribution in [2.24, 2.45) is 0 Å². The fourth-order valence-corrected chi connectivity index (χ4v) is 3.64. The molecule has 3 aromatic rings. The molecule has 1 aromatic heterocycles. The molecule has 30 heavy (non-hydrogen) atoms. The summed E-state index contributed by atoms with van der Waals surface area (Å²) in [7, 11) is 0. The maximum Gasteiger partial charge on any atom is 0.260 e. The van der Waals surface area contributed by atoms with E-state index in [0.29, 0.717) is 11.6 Å². The van der Waals surface area contributed by atoms with Crippen molar-refractivity contribution in [2.45, 2.75) is 19.9 Å². The smallest absolute Gasteiger partial charge is 0.260 e. The topological polar surface area (TPSA) is 71.7 Å². The molecule has 1 fully saturated rings. The first kappa shape index (κ1) is 20.1. The summed E-state index contributed by atoms with van der Waals surface area (Å²) in [5.74, 6) is 1.12. The van der Waals surface area contributed by atoms with Crippen molar-refractivity contribution in [3.05, 3.63) is 66.1 Å². The van der Waals surface area contributed by atoms with E-state index in [-0.39, 0.29) is 12.5 Å². The van der Waals surface area contributed by atoms with Crippen LogP contribution in [0.4, 0.5) is 0 Å². The van der Waals surface area contributed by atoms with Crippen LogP contribution < -0.4 is 4.74 Å². The lowest BCUT2D eigenvalue weighted by molar-refractivity contribution is -0.133. The number of aromatic nitrogens is 2. The minimum Gasteiger partial charge on any atom is -0.484 e. The van der Waals surface area contributed by atoms with E-state index in [1.165, 1.54) is 17.5 Å². The molecule has 0 aliphatic carbocycles. The second-order valence-corrected chi connectivity index (χ2v) is 7.49. The van der Waals surface area contributed by atoms with Gasteiger partial charge in [0, 0.05) is 38.3 Å². The summed E-state index contributed by atoms with van der Waals surface area (Å²) in [5, 5.41) is 7.55. The highest BCUT2D eigenvalue weighted by molar-refractivity contribution is 5.77. The quantitative estimate of drug-likeness (QED) is 0.626. The maximum absolute atomic E-state index is 12.6. The van der Waals surface area contributed by atoms with Crippen molar-refractivity contribution in [1.29, 1.82) is 0 Å². The van der Waals surface area contributed by atoms with Crippen molar-refractivity contribution >= 4 is 5.91 Å². The van der Waals surface area contributed by atoms with Gasteiger partial charge in [0.05, 0.1) is 0 Å². The Hall–Kier alpha value is -3.19. The zero-order chi connectivity index (χ0) is 20.8. The maximum atomic E-state index is 12.6. The number of nitrogens with zero attached hydrogens (tertiary/aromatic N) is 4. The van der Waals surface area contributed by atoms with E-state index in [1.54, 1.807) is 12.1 Å². The highest BCUT2D eigenvalue weighted by Crippen LogP contribution is 2.20. The minimum absolute atomic E-state index is 0.0220. The summed E-state index contributed by atoms with van der Waals surface area (Å²) >= 11 is 0. The van der Waals surface area contributed by atoms with Crippen LogP contribution in [0.1, 0.15) is 17.5 Å². The van der Waals surface area contributed by atoms with Crippen molar-refractivity contribution in [3.63, 3.8) is 0 Å². The average Bonchev–Trinajstić information content (AvgIpc) is 3.21. The van der Waals surface area contributed by atoms with Crippen molar-refractivity contribution in [2.75, 3.05) is 32.8 Å². The van der Waals surface area contributed by atoms with Gasteiger partial charge in [0.2, 0.25) is 12.3 Å². The third kappa shape index (κ3) is 5.04.